The Hall–Kier alpha value is -1.75. The monoisotopic (exact) mass is 289 g/mol. The lowest BCUT2D eigenvalue weighted by Crippen LogP contribution is -2.26. The third-order valence-electron chi connectivity index (χ3n) is 3.03. The van der Waals surface area contributed by atoms with Crippen LogP contribution in [-0.2, 0) is 4.79 Å². The van der Waals surface area contributed by atoms with E-state index in [0.29, 0.717) is 5.82 Å². The smallest absolute Gasteiger partial charge is 0.248 e. The van der Waals surface area contributed by atoms with Gasteiger partial charge in [0.1, 0.15) is 11.9 Å². The number of nitrogens with one attached hydrogen (secondary N) is 1. The maximum Gasteiger partial charge on any atom is 0.248 e. The van der Waals surface area contributed by atoms with E-state index in [1.165, 1.54) is 0 Å². The lowest BCUT2D eigenvalue weighted by molar-refractivity contribution is -0.119. The van der Waals surface area contributed by atoms with Crippen molar-refractivity contribution in [3.8, 4) is 0 Å². The topological polar surface area (TPSA) is 46.9 Å². The molecule has 0 saturated carbocycles. The van der Waals surface area contributed by atoms with Gasteiger partial charge < -0.3 is 9.88 Å². The number of amides is 1. The molecule has 20 heavy (non-hydrogen) atoms. The Labute approximate surface area is 123 Å². The Morgan fingerprint density at radius 1 is 1.35 bits per heavy atom. The van der Waals surface area contributed by atoms with Crippen LogP contribution in [0.2, 0.25) is 0 Å². The van der Waals surface area contributed by atoms with Crippen LogP contribution in [0.3, 0.4) is 0 Å². The van der Waals surface area contributed by atoms with Gasteiger partial charge in [0.25, 0.3) is 0 Å². The molecule has 1 amide bonds. The van der Waals surface area contributed by atoms with Gasteiger partial charge in [-0.3, -0.25) is 4.79 Å². The van der Waals surface area contributed by atoms with Crippen molar-refractivity contribution < 1.29 is 4.79 Å². The molecule has 1 N–H and O–H groups in total. The number of anilines is 1. The first-order valence-electron chi connectivity index (χ1n) is 6.56. The minimum absolute atomic E-state index is 0.0200. The van der Waals surface area contributed by atoms with E-state index in [9.17, 15) is 4.79 Å². The van der Waals surface area contributed by atoms with Crippen molar-refractivity contribution in [3.63, 3.8) is 0 Å². The van der Waals surface area contributed by atoms with Crippen molar-refractivity contribution in [1.29, 1.82) is 0 Å². The highest BCUT2D eigenvalue weighted by Crippen LogP contribution is 2.17. The van der Waals surface area contributed by atoms with Gasteiger partial charge in [-0.15, -0.1) is 0 Å². The molecule has 4 nitrogen and oxygen atoms in total. The molecule has 106 valence electrons. The third kappa shape index (κ3) is 3.87. The van der Waals surface area contributed by atoms with E-state index < -0.39 is 0 Å². The van der Waals surface area contributed by atoms with E-state index in [1.807, 2.05) is 60.5 Å². The summed E-state index contributed by atoms with van der Waals surface area (Å²) in [5.41, 5.74) is 0.893. The molecule has 2 aromatic heterocycles. The Kier molecular flexibility index (Phi) is 5.24. The molecule has 0 spiro atoms. The molecule has 1 unspecified atom stereocenters. The molecule has 0 aliphatic rings. The molecule has 0 aromatic carbocycles. The standard InChI is InChI=1S/C15H19N3OS/c1-12-6-5-7-14(16-12)17-15(19)13(8-11-20-2)18-9-3-4-10-18/h3-7,9-10,13H,8,11H2,1-2H3,(H,16,17,19). The van der Waals surface area contributed by atoms with Gasteiger partial charge in [-0.1, -0.05) is 6.07 Å². The first-order valence-corrected chi connectivity index (χ1v) is 7.96. The van der Waals surface area contributed by atoms with Gasteiger partial charge in [-0.25, -0.2) is 4.98 Å². The number of thioether (sulfide) groups is 1. The van der Waals surface area contributed by atoms with E-state index in [-0.39, 0.29) is 11.9 Å². The molecule has 2 aromatic rings. The molecule has 0 aliphatic carbocycles. The summed E-state index contributed by atoms with van der Waals surface area (Å²) >= 11 is 1.74. The van der Waals surface area contributed by atoms with E-state index >= 15 is 0 Å². The Balaban J connectivity index is 2.10. The summed E-state index contributed by atoms with van der Waals surface area (Å²) in [7, 11) is 0. The van der Waals surface area contributed by atoms with Crippen LogP contribution in [0.25, 0.3) is 0 Å². The molecule has 2 rings (SSSR count). The van der Waals surface area contributed by atoms with Gasteiger partial charge in [-0.05, 0) is 49.6 Å². The Morgan fingerprint density at radius 2 is 2.10 bits per heavy atom. The van der Waals surface area contributed by atoms with Gasteiger partial charge in [0.15, 0.2) is 0 Å². The molecule has 5 heteroatoms. The maximum absolute atomic E-state index is 12.4. The molecule has 0 radical (unpaired) electrons. The molecule has 2 heterocycles. The van der Waals surface area contributed by atoms with E-state index in [0.717, 1.165) is 17.9 Å². The molecule has 0 saturated heterocycles. The lowest BCUT2D eigenvalue weighted by Gasteiger charge is -2.18. The number of carbonyl (C=O) groups excluding carboxylic acids is 1. The average Bonchev–Trinajstić information content (AvgIpc) is 2.93. The largest absolute Gasteiger partial charge is 0.342 e. The summed E-state index contributed by atoms with van der Waals surface area (Å²) in [5.74, 6) is 1.53. The first-order chi connectivity index (χ1) is 9.70. The van der Waals surface area contributed by atoms with Crippen molar-refractivity contribution in [2.45, 2.75) is 19.4 Å². The van der Waals surface area contributed by atoms with Crippen molar-refractivity contribution in [3.05, 3.63) is 48.4 Å². The van der Waals surface area contributed by atoms with Crippen LogP contribution in [0.5, 0.6) is 0 Å². The summed E-state index contributed by atoms with van der Waals surface area (Å²) in [6.07, 6.45) is 6.70. The fourth-order valence-electron chi connectivity index (χ4n) is 2.02. The highest BCUT2D eigenvalue weighted by Gasteiger charge is 2.19. The van der Waals surface area contributed by atoms with Gasteiger partial charge in [0, 0.05) is 18.1 Å². The van der Waals surface area contributed by atoms with Crippen molar-refractivity contribution in [1.82, 2.24) is 9.55 Å². The number of aromatic nitrogens is 2. The van der Waals surface area contributed by atoms with Gasteiger partial charge in [0.2, 0.25) is 5.91 Å². The minimum Gasteiger partial charge on any atom is -0.342 e. The zero-order valence-electron chi connectivity index (χ0n) is 11.7. The number of rotatable bonds is 6. The second-order valence-electron chi connectivity index (χ2n) is 4.58. The summed E-state index contributed by atoms with van der Waals surface area (Å²) in [6, 6.07) is 9.29. The number of carbonyl (C=O) groups is 1. The normalized spacial score (nSPS) is 12.1. The molecular weight excluding hydrogens is 270 g/mol. The summed E-state index contributed by atoms with van der Waals surface area (Å²) in [5, 5.41) is 2.90. The lowest BCUT2D eigenvalue weighted by atomic mass is 10.2. The predicted octanol–water partition coefficient (Wildman–Crippen LogP) is 3.12. The second-order valence-corrected chi connectivity index (χ2v) is 5.57. The van der Waals surface area contributed by atoms with Gasteiger partial charge in [0.05, 0.1) is 0 Å². The molecule has 1 atom stereocenters. The van der Waals surface area contributed by atoms with E-state index in [1.54, 1.807) is 11.8 Å². The van der Waals surface area contributed by atoms with Crippen LogP contribution >= 0.6 is 11.8 Å². The number of aryl methyl sites for hydroxylation is 1. The molecule has 0 bridgehead atoms. The number of hydrogen-bond acceptors (Lipinski definition) is 3. The highest BCUT2D eigenvalue weighted by molar-refractivity contribution is 7.98. The molecule has 0 fully saturated rings. The predicted molar refractivity (Wildman–Crippen MR) is 84.1 cm³/mol. The first kappa shape index (κ1) is 14.7. The van der Waals surface area contributed by atoms with E-state index in [4.69, 9.17) is 0 Å². The summed E-state index contributed by atoms with van der Waals surface area (Å²) in [6.45, 7) is 1.91. The summed E-state index contributed by atoms with van der Waals surface area (Å²) in [4.78, 5) is 16.8. The number of pyridine rings is 1. The van der Waals surface area contributed by atoms with E-state index in [2.05, 4.69) is 10.3 Å². The maximum atomic E-state index is 12.4. The van der Waals surface area contributed by atoms with Crippen LogP contribution in [-0.4, -0.2) is 27.5 Å². The minimum atomic E-state index is -0.195. The van der Waals surface area contributed by atoms with Crippen molar-refractivity contribution >= 4 is 23.5 Å². The zero-order chi connectivity index (χ0) is 14.4. The second kappa shape index (κ2) is 7.14. The molecule has 0 aliphatic heterocycles. The van der Waals surface area contributed by atoms with Crippen LogP contribution in [0.4, 0.5) is 5.82 Å². The van der Waals surface area contributed by atoms with Crippen molar-refractivity contribution in [2.75, 3.05) is 17.3 Å². The highest BCUT2D eigenvalue weighted by atomic mass is 32.2. The fraction of sp³-hybridized carbons (Fsp3) is 0.333. The van der Waals surface area contributed by atoms with Crippen LogP contribution < -0.4 is 5.32 Å². The van der Waals surface area contributed by atoms with Gasteiger partial charge in [-0.2, -0.15) is 11.8 Å². The van der Waals surface area contributed by atoms with Crippen molar-refractivity contribution in [2.24, 2.45) is 0 Å². The zero-order valence-corrected chi connectivity index (χ0v) is 12.6. The number of nitrogens with zero attached hydrogens (tertiary/aromatic N) is 2. The molecular formula is C15H19N3OS. The van der Waals surface area contributed by atoms with Crippen LogP contribution in [0, 0.1) is 6.92 Å². The number of hydrogen-bond donors (Lipinski definition) is 1. The summed E-state index contributed by atoms with van der Waals surface area (Å²) < 4.78 is 1.95. The Bertz CT molecular complexity index is 554. The van der Waals surface area contributed by atoms with Crippen LogP contribution in [0.15, 0.2) is 42.7 Å². The fourth-order valence-corrected chi connectivity index (χ4v) is 2.48. The van der Waals surface area contributed by atoms with Crippen LogP contribution in [0.1, 0.15) is 18.2 Å². The average molecular weight is 289 g/mol. The Morgan fingerprint density at radius 3 is 2.75 bits per heavy atom. The SMILES string of the molecule is CSCCC(C(=O)Nc1cccc(C)n1)n1cccc1. The van der Waals surface area contributed by atoms with Gasteiger partial charge >= 0.3 is 0 Å². The third-order valence-corrected chi connectivity index (χ3v) is 3.67. The quantitative estimate of drug-likeness (QED) is 0.888.